The second kappa shape index (κ2) is 8.42. The number of allylic oxidation sites excluding steroid dienone is 3. The Bertz CT molecular complexity index is 674. The summed E-state index contributed by atoms with van der Waals surface area (Å²) in [5.41, 5.74) is 2.51. The molecular weight excluding hydrogens is 364 g/mol. The highest BCUT2D eigenvalue weighted by Crippen LogP contribution is 2.67. The molecule has 0 bridgehead atoms. The molecule has 0 heterocycles. The van der Waals surface area contributed by atoms with Crippen LogP contribution in [0.4, 0.5) is 0 Å². The highest BCUT2D eigenvalue weighted by Gasteiger charge is 2.58. The average molecular weight is 413 g/mol. The van der Waals surface area contributed by atoms with Crippen molar-refractivity contribution in [3.8, 4) is 0 Å². The van der Waals surface area contributed by atoms with E-state index >= 15 is 0 Å². The molecule has 1 N–H and O–H groups in total. The van der Waals surface area contributed by atoms with E-state index in [9.17, 15) is 5.11 Å². The van der Waals surface area contributed by atoms with Gasteiger partial charge >= 0.3 is 0 Å². The van der Waals surface area contributed by atoms with E-state index in [2.05, 4.69) is 59.8 Å². The van der Waals surface area contributed by atoms with Gasteiger partial charge in [-0.05, 0) is 110 Å². The van der Waals surface area contributed by atoms with E-state index in [0.717, 1.165) is 48.3 Å². The quantitative estimate of drug-likeness (QED) is 0.457. The Kier molecular flexibility index (Phi) is 6.35. The molecule has 4 aliphatic carbocycles. The molecule has 0 aliphatic heterocycles. The van der Waals surface area contributed by atoms with Gasteiger partial charge in [-0.2, -0.15) is 0 Å². The fourth-order valence-corrected chi connectivity index (χ4v) is 8.83. The van der Waals surface area contributed by atoms with E-state index in [0.29, 0.717) is 16.7 Å². The Labute approximate surface area is 186 Å². The molecule has 0 saturated heterocycles. The van der Waals surface area contributed by atoms with Crippen molar-refractivity contribution >= 4 is 0 Å². The molecule has 3 saturated carbocycles. The third kappa shape index (κ3) is 3.66. The first-order chi connectivity index (χ1) is 14.2. The van der Waals surface area contributed by atoms with Crippen LogP contribution in [0.3, 0.4) is 0 Å². The first kappa shape index (κ1) is 22.6. The van der Waals surface area contributed by atoms with Crippen LogP contribution < -0.4 is 0 Å². The summed E-state index contributed by atoms with van der Waals surface area (Å²) in [4.78, 5) is 0. The van der Waals surface area contributed by atoms with Crippen LogP contribution in [-0.4, -0.2) is 11.2 Å². The monoisotopic (exact) mass is 412 g/mol. The van der Waals surface area contributed by atoms with Gasteiger partial charge in [0.2, 0.25) is 0 Å². The van der Waals surface area contributed by atoms with E-state index in [1.54, 1.807) is 5.57 Å². The Morgan fingerprint density at radius 3 is 2.50 bits per heavy atom. The lowest BCUT2D eigenvalue weighted by Gasteiger charge is -2.58. The summed E-state index contributed by atoms with van der Waals surface area (Å²) in [6.07, 6.45) is 19.1. The van der Waals surface area contributed by atoms with Crippen LogP contribution >= 0.6 is 0 Å². The Balaban J connectivity index is 1.52. The van der Waals surface area contributed by atoms with Gasteiger partial charge in [0.15, 0.2) is 0 Å². The largest absolute Gasteiger partial charge is 0.393 e. The molecule has 1 nitrogen and oxygen atoms in total. The molecule has 0 radical (unpaired) electrons. The van der Waals surface area contributed by atoms with Gasteiger partial charge in [-0.3, -0.25) is 0 Å². The number of aliphatic hydroxyl groups excluding tert-OH is 1. The fraction of sp³-hybridized carbons (Fsp3) is 0.862. The summed E-state index contributed by atoms with van der Waals surface area (Å²) in [6.45, 7) is 14.8. The minimum atomic E-state index is -0.0870. The highest BCUT2D eigenvalue weighted by molar-refractivity contribution is 5.25. The van der Waals surface area contributed by atoms with Crippen molar-refractivity contribution in [2.45, 2.75) is 105 Å². The smallest absolute Gasteiger partial charge is 0.0577 e. The predicted molar refractivity (Wildman–Crippen MR) is 128 cm³/mol. The lowest BCUT2D eigenvalue weighted by Crippen LogP contribution is -2.50. The maximum atomic E-state index is 10.2. The topological polar surface area (TPSA) is 20.2 Å². The van der Waals surface area contributed by atoms with Gasteiger partial charge < -0.3 is 5.11 Å². The van der Waals surface area contributed by atoms with Crippen LogP contribution in [0.1, 0.15) is 99.3 Å². The Morgan fingerprint density at radius 2 is 1.80 bits per heavy atom. The molecule has 4 aliphatic rings. The van der Waals surface area contributed by atoms with Crippen molar-refractivity contribution < 1.29 is 5.11 Å². The van der Waals surface area contributed by atoms with Crippen molar-refractivity contribution in [2.75, 3.05) is 0 Å². The zero-order chi connectivity index (χ0) is 21.7. The Hall–Kier alpha value is -0.560. The molecule has 0 aromatic carbocycles. The summed E-state index contributed by atoms with van der Waals surface area (Å²) in [6, 6.07) is 0. The second-order valence-electron chi connectivity index (χ2n) is 12.4. The molecule has 30 heavy (non-hydrogen) atoms. The molecule has 3 fully saturated rings. The van der Waals surface area contributed by atoms with E-state index in [4.69, 9.17) is 0 Å². The normalized spacial score (nSPS) is 45.6. The molecule has 9 atom stereocenters. The van der Waals surface area contributed by atoms with Crippen LogP contribution in [0, 0.1) is 52.3 Å². The van der Waals surface area contributed by atoms with Crippen LogP contribution in [-0.2, 0) is 0 Å². The standard InChI is InChI=1S/C29H48O/c1-7-21(19(2)3)9-8-20(4)25-12-13-26-24-11-10-22-18-23(30)14-16-28(22,5)27(24)15-17-29(25,26)6/h8-10,19-21,23-27,30H,7,11-18H2,1-6H3/b9-8+/t20-,21?,23?,24?,25-,26+,27+,28?,29-/m1/s1. The van der Waals surface area contributed by atoms with Gasteiger partial charge in [0.25, 0.3) is 0 Å². The summed E-state index contributed by atoms with van der Waals surface area (Å²) < 4.78 is 0. The molecular formula is C29H48O. The number of rotatable bonds is 5. The maximum absolute atomic E-state index is 10.2. The fourth-order valence-electron chi connectivity index (χ4n) is 8.83. The average Bonchev–Trinajstić information content (AvgIpc) is 3.06. The van der Waals surface area contributed by atoms with Crippen molar-refractivity contribution in [3.63, 3.8) is 0 Å². The van der Waals surface area contributed by atoms with E-state index in [-0.39, 0.29) is 6.10 Å². The van der Waals surface area contributed by atoms with Gasteiger partial charge in [-0.1, -0.05) is 65.3 Å². The lowest BCUT2D eigenvalue weighted by molar-refractivity contribution is -0.0540. The zero-order valence-corrected chi connectivity index (χ0v) is 20.7. The molecule has 1 heteroatoms. The van der Waals surface area contributed by atoms with Gasteiger partial charge in [0.1, 0.15) is 0 Å². The lowest BCUT2D eigenvalue weighted by atomic mass is 9.47. The molecule has 0 amide bonds. The van der Waals surface area contributed by atoms with Crippen LogP contribution in [0.2, 0.25) is 0 Å². The Morgan fingerprint density at radius 1 is 1.03 bits per heavy atom. The summed E-state index contributed by atoms with van der Waals surface area (Å²) in [7, 11) is 0. The highest BCUT2D eigenvalue weighted by atomic mass is 16.3. The van der Waals surface area contributed by atoms with Gasteiger partial charge in [-0.25, -0.2) is 0 Å². The summed E-state index contributed by atoms with van der Waals surface area (Å²) in [5.74, 6) is 5.70. The maximum Gasteiger partial charge on any atom is 0.0577 e. The minimum absolute atomic E-state index is 0.0870. The van der Waals surface area contributed by atoms with Crippen LogP contribution in [0.25, 0.3) is 0 Å². The van der Waals surface area contributed by atoms with E-state index in [1.807, 2.05) is 0 Å². The number of hydrogen-bond acceptors (Lipinski definition) is 1. The van der Waals surface area contributed by atoms with Gasteiger partial charge in [0, 0.05) is 0 Å². The third-order valence-electron chi connectivity index (χ3n) is 10.8. The second-order valence-corrected chi connectivity index (χ2v) is 12.4. The number of fused-ring (bicyclic) bond motifs is 5. The van der Waals surface area contributed by atoms with Crippen molar-refractivity contribution in [1.82, 2.24) is 0 Å². The summed E-state index contributed by atoms with van der Waals surface area (Å²) >= 11 is 0. The van der Waals surface area contributed by atoms with Crippen molar-refractivity contribution in [3.05, 3.63) is 23.8 Å². The molecule has 0 aromatic rings. The first-order valence-electron chi connectivity index (χ1n) is 13.3. The number of hydrogen-bond donors (Lipinski definition) is 1. The number of aliphatic hydroxyl groups is 1. The summed E-state index contributed by atoms with van der Waals surface area (Å²) in [5, 5.41) is 10.2. The molecule has 0 aromatic heterocycles. The molecule has 0 spiro atoms. The van der Waals surface area contributed by atoms with Gasteiger partial charge in [0.05, 0.1) is 6.10 Å². The molecule has 4 rings (SSSR count). The van der Waals surface area contributed by atoms with Crippen molar-refractivity contribution in [2.24, 2.45) is 52.3 Å². The van der Waals surface area contributed by atoms with E-state index in [1.165, 1.54) is 44.9 Å². The van der Waals surface area contributed by atoms with Crippen LogP contribution in [0.5, 0.6) is 0 Å². The van der Waals surface area contributed by atoms with E-state index < -0.39 is 0 Å². The predicted octanol–water partition coefficient (Wildman–Crippen LogP) is 7.80. The van der Waals surface area contributed by atoms with Gasteiger partial charge in [-0.15, -0.1) is 0 Å². The SMILES string of the molecule is CCC(/C=C/[C@@H](C)[C@H]1CC[C@H]2C3CC=C4CC(O)CCC4(C)[C@H]3CC[C@]12C)C(C)C. The third-order valence-corrected chi connectivity index (χ3v) is 10.8. The van der Waals surface area contributed by atoms with Crippen molar-refractivity contribution in [1.29, 1.82) is 0 Å². The zero-order valence-electron chi connectivity index (χ0n) is 20.7. The first-order valence-corrected chi connectivity index (χ1v) is 13.3. The minimum Gasteiger partial charge on any atom is -0.393 e. The molecule has 4 unspecified atom stereocenters. The van der Waals surface area contributed by atoms with Crippen LogP contribution in [0.15, 0.2) is 23.8 Å². The molecule has 170 valence electrons.